The van der Waals surface area contributed by atoms with Crippen LogP contribution in [0.1, 0.15) is 75.7 Å². The molecule has 1 aliphatic rings. The monoisotopic (exact) mass is 301 g/mol. The largest absolute Gasteiger partial charge is 0.0776 e. The Morgan fingerprint density at radius 2 is 1.00 bits per heavy atom. The third-order valence-corrected chi connectivity index (χ3v) is 4.43. The molecule has 16 heavy (non-hydrogen) atoms. The molecule has 0 aromatic heterocycles. The topological polar surface area (TPSA) is 0 Å². The molecule has 0 amide bonds. The molecule has 0 saturated heterocycles. The van der Waals surface area contributed by atoms with E-state index in [0.717, 1.165) is 0 Å². The van der Waals surface area contributed by atoms with E-state index in [1.54, 1.807) is 0 Å². The number of hydrogen-bond acceptors (Lipinski definition) is 0. The Hall–Kier alpha value is 1.10. The molecule has 1 fully saturated rings. The molecule has 0 spiro atoms. The summed E-state index contributed by atoms with van der Waals surface area (Å²) in [4.78, 5) is 0. The van der Waals surface area contributed by atoms with E-state index in [9.17, 15) is 0 Å². The summed E-state index contributed by atoms with van der Waals surface area (Å²) in [5.74, 6) is 0. The van der Waals surface area contributed by atoms with Crippen molar-refractivity contribution in [1.29, 1.82) is 0 Å². The van der Waals surface area contributed by atoms with Gasteiger partial charge in [-0.15, -0.1) is 0 Å². The first-order valence-corrected chi connectivity index (χ1v) is 5.91. The zero-order chi connectivity index (χ0) is 11.4. The Labute approximate surface area is 129 Å². The van der Waals surface area contributed by atoms with Crippen LogP contribution in [0.15, 0.2) is 0 Å². The third kappa shape index (κ3) is 3.11. The number of rotatable bonds is 0. The van der Waals surface area contributed by atoms with Crippen LogP contribution in [-0.4, -0.2) is 0 Å². The molecule has 95 valence electrons. The fourth-order valence-electron chi connectivity index (χ4n) is 3.77. The molecule has 1 heteroatoms. The molecule has 0 aromatic rings. The van der Waals surface area contributed by atoms with E-state index in [4.69, 9.17) is 0 Å². The van der Waals surface area contributed by atoms with Gasteiger partial charge in [-0.2, -0.15) is 0 Å². The van der Waals surface area contributed by atoms with Crippen LogP contribution in [-0.2, 0) is 32.7 Å². The van der Waals surface area contributed by atoms with E-state index in [2.05, 4.69) is 55.4 Å². The maximum atomic E-state index is 2.41. The summed E-state index contributed by atoms with van der Waals surface area (Å²) in [7, 11) is 0. The minimum atomic E-state index is 0. The van der Waals surface area contributed by atoms with Gasteiger partial charge in [0.2, 0.25) is 0 Å². The molecule has 0 atom stereocenters. The van der Waals surface area contributed by atoms with Gasteiger partial charge in [0.1, 0.15) is 0 Å². The van der Waals surface area contributed by atoms with Gasteiger partial charge in [0.15, 0.2) is 0 Å². The van der Waals surface area contributed by atoms with E-state index in [-0.39, 0.29) is 40.1 Å². The predicted octanol–water partition coefficient (Wildman–Crippen LogP) is 5.52. The molecule has 0 N–H and O–H groups in total. The summed E-state index contributed by atoms with van der Waals surface area (Å²) >= 11 is 0. The van der Waals surface area contributed by atoms with Crippen LogP contribution in [0.25, 0.3) is 0 Å². The first-order chi connectivity index (χ1) is 5.91. The summed E-state index contributed by atoms with van der Waals surface area (Å²) in [6.07, 6.45) is 2.76. The fraction of sp³-hybridized carbons (Fsp3) is 1.00. The minimum Gasteiger partial charge on any atom is -0.0776 e. The molecule has 0 heterocycles. The summed E-state index contributed by atoms with van der Waals surface area (Å²) in [6.45, 7) is 19.3. The van der Waals surface area contributed by atoms with Crippen molar-refractivity contribution >= 4 is 0 Å². The predicted molar refractivity (Wildman–Crippen MR) is 71.1 cm³/mol. The van der Waals surface area contributed by atoms with Gasteiger partial charge >= 0.3 is 0 Å². The Morgan fingerprint density at radius 3 is 1.06 bits per heavy atom. The molecule has 0 unspecified atom stereocenters. The first kappa shape index (κ1) is 19.4. The quantitative estimate of drug-likeness (QED) is 0.552. The van der Waals surface area contributed by atoms with Gasteiger partial charge in [0, 0.05) is 32.7 Å². The van der Waals surface area contributed by atoms with Gasteiger partial charge in [-0.1, -0.05) is 62.8 Å². The van der Waals surface area contributed by atoms with Crippen molar-refractivity contribution in [3.05, 3.63) is 0 Å². The van der Waals surface area contributed by atoms with Crippen LogP contribution in [0.2, 0.25) is 0 Å². The van der Waals surface area contributed by atoms with E-state index in [0.29, 0.717) is 21.7 Å². The second kappa shape index (κ2) is 5.00. The summed E-state index contributed by atoms with van der Waals surface area (Å²) in [5, 5.41) is 0. The van der Waals surface area contributed by atoms with Crippen molar-refractivity contribution in [3.8, 4) is 0 Å². The summed E-state index contributed by atoms with van der Waals surface area (Å²) < 4.78 is 0. The molecule has 1 saturated carbocycles. The van der Waals surface area contributed by atoms with Gasteiger partial charge in [0.05, 0.1) is 0 Å². The zero-order valence-corrected chi connectivity index (χ0v) is 14.8. The third-order valence-electron chi connectivity index (χ3n) is 4.43. The molecule has 1 radical (unpaired) electrons. The Balaban J connectivity index is 0. The van der Waals surface area contributed by atoms with E-state index >= 15 is 0 Å². The first-order valence-electron chi connectivity index (χ1n) is 5.91. The minimum absolute atomic E-state index is 0. The van der Waals surface area contributed by atoms with Gasteiger partial charge in [0.25, 0.3) is 0 Å². The zero-order valence-electron chi connectivity index (χ0n) is 12.0. The maximum Gasteiger partial charge on any atom is 0 e. The maximum absolute atomic E-state index is 2.41. The van der Waals surface area contributed by atoms with Crippen molar-refractivity contribution in [2.24, 2.45) is 21.7 Å². The molecule has 1 aliphatic carbocycles. The molecule has 0 aliphatic heterocycles. The fourth-order valence-corrected chi connectivity index (χ4v) is 3.77. The van der Waals surface area contributed by atoms with Crippen LogP contribution < -0.4 is 0 Å². The van der Waals surface area contributed by atoms with Crippen molar-refractivity contribution < 1.29 is 32.7 Å². The second-order valence-corrected chi connectivity index (χ2v) is 8.10. The summed E-state index contributed by atoms with van der Waals surface area (Å²) in [6, 6.07) is 0. The molecular weight excluding hydrogens is 269 g/mol. The molecule has 1 rings (SSSR count). The molecular formula is C15H32Y. The van der Waals surface area contributed by atoms with E-state index in [1.807, 2.05) is 0 Å². The standard InChI is InChI=1S/C14H28.CH4.Y/c1-11(2,3)14(12(4,5)6)9-13(7,8)10-14;;/h9-10H2,1-8H3;1H4;. The van der Waals surface area contributed by atoms with Crippen molar-refractivity contribution in [2.45, 2.75) is 75.7 Å². The van der Waals surface area contributed by atoms with Crippen molar-refractivity contribution in [2.75, 3.05) is 0 Å². The molecule has 0 nitrogen and oxygen atoms in total. The van der Waals surface area contributed by atoms with Crippen LogP contribution in [0.4, 0.5) is 0 Å². The van der Waals surface area contributed by atoms with Crippen molar-refractivity contribution in [1.82, 2.24) is 0 Å². The van der Waals surface area contributed by atoms with Crippen LogP contribution in [0.5, 0.6) is 0 Å². The van der Waals surface area contributed by atoms with Gasteiger partial charge in [-0.3, -0.25) is 0 Å². The molecule has 0 bridgehead atoms. The average Bonchev–Trinajstić information content (AvgIpc) is 1.75. The SMILES string of the molecule is C.CC1(C)CC(C(C)(C)C)(C(C)(C)C)C1.[Y]. The summed E-state index contributed by atoms with van der Waals surface area (Å²) in [5.41, 5.74) is 1.96. The van der Waals surface area contributed by atoms with Gasteiger partial charge in [-0.05, 0) is 34.5 Å². The van der Waals surface area contributed by atoms with Crippen LogP contribution >= 0.6 is 0 Å². The van der Waals surface area contributed by atoms with E-state index in [1.165, 1.54) is 12.8 Å². The Morgan fingerprint density at radius 1 is 0.750 bits per heavy atom. The van der Waals surface area contributed by atoms with Gasteiger partial charge < -0.3 is 0 Å². The van der Waals surface area contributed by atoms with Gasteiger partial charge in [-0.25, -0.2) is 0 Å². The average molecular weight is 301 g/mol. The van der Waals surface area contributed by atoms with Crippen molar-refractivity contribution in [3.63, 3.8) is 0 Å². The smallest absolute Gasteiger partial charge is 0 e. The number of hydrogen-bond donors (Lipinski definition) is 0. The van der Waals surface area contributed by atoms with Crippen LogP contribution in [0, 0.1) is 21.7 Å². The molecule has 0 aromatic carbocycles. The Kier molecular flexibility index (Phi) is 6.08. The van der Waals surface area contributed by atoms with E-state index < -0.39 is 0 Å². The normalized spacial score (nSPS) is 22.5. The Bertz CT molecular complexity index is 201. The second-order valence-electron chi connectivity index (χ2n) is 8.10. The van der Waals surface area contributed by atoms with Crippen LogP contribution in [0.3, 0.4) is 0 Å².